The van der Waals surface area contributed by atoms with Crippen LogP contribution in [0, 0.1) is 0 Å². The molecular formula is C67H122N2O7P+. The van der Waals surface area contributed by atoms with Gasteiger partial charge in [-0.05, 0) is 102 Å². The molecule has 77 heavy (non-hydrogen) atoms. The van der Waals surface area contributed by atoms with Gasteiger partial charge >= 0.3 is 13.8 Å². The highest BCUT2D eigenvalue weighted by Gasteiger charge is 2.30. The van der Waals surface area contributed by atoms with E-state index in [1.807, 2.05) is 33.3 Å². The molecule has 2 N–H and O–H groups in total. The lowest BCUT2D eigenvalue weighted by Gasteiger charge is -2.27. The van der Waals surface area contributed by atoms with Crippen molar-refractivity contribution in [2.75, 3.05) is 40.9 Å². The van der Waals surface area contributed by atoms with Gasteiger partial charge < -0.3 is 19.4 Å². The second-order valence-corrected chi connectivity index (χ2v) is 24.0. The first-order valence-electron chi connectivity index (χ1n) is 31.9. The summed E-state index contributed by atoms with van der Waals surface area (Å²) in [5.41, 5.74) is 0. The van der Waals surface area contributed by atoms with E-state index >= 15 is 0 Å². The zero-order chi connectivity index (χ0) is 56.4. The molecular weight excluding hydrogens is 976 g/mol. The fourth-order valence-corrected chi connectivity index (χ4v) is 9.64. The molecule has 0 heterocycles. The van der Waals surface area contributed by atoms with Crippen LogP contribution in [0.1, 0.15) is 278 Å². The normalized spacial score (nSPS) is 14.2. The van der Waals surface area contributed by atoms with Crippen molar-refractivity contribution < 1.29 is 37.3 Å². The SMILES string of the molecule is CC/C=C/C/C=C/CCCCCCCCCC(=O)OC(/C=C\CCCCCCCCCCCC)C(COP(=O)(O)OCC[N+](C)(C)C)NC(=O)CCCCCCCCCCC/C=C\C/C=C\C/C=C\C/C=C\CCCCC. The summed E-state index contributed by atoms with van der Waals surface area (Å²) in [4.78, 5) is 37.7. The highest BCUT2D eigenvalue weighted by atomic mass is 31.2. The Morgan fingerprint density at radius 2 is 0.831 bits per heavy atom. The number of quaternary nitrogens is 1. The maximum absolute atomic E-state index is 13.6. The lowest BCUT2D eigenvalue weighted by molar-refractivity contribution is -0.870. The maximum atomic E-state index is 13.6. The Morgan fingerprint density at radius 1 is 0.468 bits per heavy atom. The van der Waals surface area contributed by atoms with E-state index in [1.165, 1.54) is 128 Å². The minimum atomic E-state index is -4.46. The first-order chi connectivity index (χ1) is 37.4. The number of carbonyl (C=O) groups excluding carboxylic acids is 2. The molecule has 0 radical (unpaired) electrons. The van der Waals surface area contributed by atoms with Crippen molar-refractivity contribution in [1.29, 1.82) is 0 Å². The maximum Gasteiger partial charge on any atom is 0.472 e. The van der Waals surface area contributed by atoms with Crippen molar-refractivity contribution in [2.24, 2.45) is 0 Å². The van der Waals surface area contributed by atoms with E-state index in [0.29, 0.717) is 17.4 Å². The topological polar surface area (TPSA) is 111 Å². The molecule has 9 nitrogen and oxygen atoms in total. The monoisotopic (exact) mass is 1100 g/mol. The van der Waals surface area contributed by atoms with Crippen LogP contribution in [0.2, 0.25) is 0 Å². The summed E-state index contributed by atoms with van der Waals surface area (Å²) in [6.07, 6.45) is 74.4. The molecule has 0 rings (SSSR count). The van der Waals surface area contributed by atoms with Gasteiger partial charge in [-0.25, -0.2) is 4.57 Å². The summed E-state index contributed by atoms with van der Waals surface area (Å²) in [6, 6.07) is -0.858. The van der Waals surface area contributed by atoms with Gasteiger partial charge in [-0.2, -0.15) is 0 Å². The molecule has 3 unspecified atom stereocenters. The molecule has 0 aromatic carbocycles. The van der Waals surface area contributed by atoms with Crippen molar-refractivity contribution in [2.45, 2.75) is 290 Å². The number of hydrogen-bond donors (Lipinski definition) is 2. The number of amides is 1. The standard InChI is InChI=1S/C67H121N2O7P/c1-7-10-13-16-19-22-25-28-30-31-32-33-34-35-36-37-38-39-40-41-44-47-50-53-56-59-66(70)68-64(63-75-77(72,73)74-62-61-69(4,5)6)65(58-55-52-49-46-43-27-24-21-18-15-12-9-3)76-67(71)60-57-54-51-48-45-42-29-26-23-20-17-14-11-8-2/h11,14,19-20,22-23,28,30,32-33,35-36,55,58,64-65H,7-10,12-13,15-18,21,24-27,29,31,34,37-54,56-57,59-63H2,1-6H3,(H-,68,70,72,73)/p+1/b14-11+,22-19-,23-20+,30-28-,33-32-,36-35-,58-55-. The average molecular weight is 1100 g/mol. The van der Waals surface area contributed by atoms with Gasteiger partial charge in [0, 0.05) is 12.8 Å². The van der Waals surface area contributed by atoms with Crippen LogP contribution in [0.3, 0.4) is 0 Å². The lowest BCUT2D eigenvalue weighted by atomic mass is 10.0. The van der Waals surface area contributed by atoms with Crippen LogP contribution in [-0.2, 0) is 27.9 Å². The van der Waals surface area contributed by atoms with E-state index < -0.39 is 20.0 Å². The van der Waals surface area contributed by atoms with Crippen molar-refractivity contribution >= 4 is 19.7 Å². The molecule has 0 aromatic heterocycles. The van der Waals surface area contributed by atoms with Crippen LogP contribution in [0.25, 0.3) is 0 Å². The number of nitrogens with one attached hydrogen (secondary N) is 1. The van der Waals surface area contributed by atoms with Gasteiger partial charge in [0.1, 0.15) is 19.3 Å². The molecule has 0 saturated carbocycles. The van der Waals surface area contributed by atoms with Gasteiger partial charge in [0.15, 0.2) is 0 Å². The first-order valence-corrected chi connectivity index (χ1v) is 33.4. The lowest BCUT2D eigenvalue weighted by Crippen LogP contribution is -2.47. The fourth-order valence-electron chi connectivity index (χ4n) is 8.90. The van der Waals surface area contributed by atoms with Crippen LogP contribution in [-0.4, -0.2) is 74.3 Å². The largest absolute Gasteiger partial charge is 0.472 e. The fraction of sp³-hybridized carbons (Fsp3) is 0.761. The van der Waals surface area contributed by atoms with Gasteiger partial charge in [0.2, 0.25) is 5.91 Å². The molecule has 0 fully saturated rings. The second kappa shape index (κ2) is 56.5. The predicted octanol–water partition coefficient (Wildman–Crippen LogP) is 19.8. The number of likely N-dealkylation sites (N-methyl/N-ethyl adjacent to an activating group) is 1. The number of hydrogen-bond acceptors (Lipinski definition) is 6. The number of nitrogens with zero attached hydrogens (tertiary/aromatic N) is 1. The third-order valence-corrected chi connectivity index (χ3v) is 14.8. The molecule has 0 spiro atoms. The van der Waals surface area contributed by atoms with Gasteiger partial charge in [-0.1, -0.05) is 247 Å². The Hall–Kier alpha value is -2.81. The van der Waals surface area contributed by atoms with Gasteiger partial charge in [0.25, 0.3) is 0 Å². The Morgan fingerprint density at radius 3 is 1.27 bits per heavy atom. The van der Waals surface area contributed by atoms with E-state index in [1.54, 1.807) is 0 Å². The van der Waals surface area contributed by atoms with Crippen molar-refractivity contribution in [3.8, 4) is 0 Å². The number of ether oxygens (including phenoxy) is 1. The van der Waals surface area contributed by atoms with Crippen LogP contribution in [0.4, 0.5) is 0 Å². The Labute approximate surface area is 476 Å². The Balaban J connectivity index is 5.15. The Kier molecular flexibility index (Phi) is 54.4. The van der Waals surface area contributed by atoms with E-state index in [0.717, 1.165) is 116 Å². The number of allylic oxidation sites excluding steroid dienone is 13. The van der Waals surface area contributed by atoms with Gasteiger partial charge in [0.05, 0.1) is 33.8 Å². The van der Waals surface area contributed by atoms with Crippen LogP contribution < -0.4 is 5.32 Å². The number of phosphoric acid groups is 1. The third kappa shape index (κ3) is 57.7. The van der Waals surface area contributed by atoms with Crippen LogP contribution >= 0.6 is 7.82 Å². The van der Waals surface area contributed by atoms with Crippen molar-refractivity contribution in [1.82, 2.24) is 5.32 Å². The summed E-state index contributed by atoms with van der Waals surface area (Å²) in [5, 5.41) is 3.05. The highest BCUT2D eigenvalue weighted by molar-refractivity contribution is 7.47. The molecule has 0 saturated heterocycles. The molecule has 0 aromatic rings. The second-order valence-electron chi connectivity index (χ2n) is 22.5. The summed E-state index contributed by atoms with van der Waals surface area (Å²) in [5.74, 6) is -0.521. The minimum Gasteiger partial charge on any atom is -0.456 e. The number of phosphoric ester groups is 1. The predicted molar refractivity (Wildman–Crippen MR) is 332 cm³/mol. The summed E-state index contributed by atoms with van der Waals surface area (Å²) in [6.45, 7) is 6.87. The molecule has 446 valence electrons. The van der Waals surface area contributed by atoms with Crippen molar-refractivity contribution in [3.63, 3.8) is 0 Å². The number of unbranched alkanes of at least 4 members (excludes halogenated alkanes) is 29. The van der Waals surface area contributed by atoms with Gasteiger partial charge in [-0.3, -0.25) is 18.6 Å². The third-order valence-electron chi connectivity index (χ3n) is 13.8. The quantitative estimate of drug-likeness (QED) is 0.0205. The molecule has 1 amide bonds. The highest BCUT2D eigenvalue weighted by Crippen LogP contribution is 2.43. The molecule has 0 aliphatic carbocycles. The molecule has 0 aliphatic rings. The van der Waals surface area contributed by atoms with Crippen molar-refractivity contribution in [3.05, 3.63) is 85.1 Å². The van der Waals surface area contributed by atoms with E-state index in [9.17, 15) is 19.0 Å². The molecule has 0 bridgehead atoms. The van der Waals surface area contributed by atoms with Crippen LogP contribution in [0.5, 0.6) is 0 Å². The smallest absolute Gasteiger partial charge is 0.456 e. The molecule has 0 aliphatic heterocycles. The van der Waals surface area contributed by atoms with E-state index in [2.05, 4.69) is 99.0 Å². The zero-order valence-electron chi connectivity index (χ0n) is 50.9. The van der Waals surface area contributed by atoms with E-state index in [4.69, 9.17) is 13.8 Å². The summed E-state index contributed by atoms with van der Waals surface area (Å²) in [7, 11) is 1.48. The van der Waals surface area contributed by atoms with Gasteiger partial charge in [-0.15, -0.1) is 0 Å². The molecule has 10 heteroatoms. The number of carbonyl (C=O) groups is 2. The first kappa shape index (κ1) is 74.2. The minimum absolute atomic E-state index is 0.0345. The zero-order valence-corrected chi connectivity index (χ0v) is 51.8. The Bertz CT molecular complexity index is 1590. The van der Waals surface area contributed by atoms with Crippen LogP contribution in [0.15, 0.2) is 85.1 Å². The molecule has 3 atom stereocenters. The number of esters is 1. The number of rotatable bonds is 57. The average Bonchev–Trinajstić information content (AvgIpc) is 3.39. The van der Waals surface area contributed by atoms with E-state index in [-0.39, 0.29) is 31.5 Å². The summed E-state index contributed by atoms with van der Waals surface area (Å²) < 4.78 is 30.7. The summed E-state index contributed by atoms with van der Waals surface area (Å²) >= 11 is 0.